The van der Waals surface area contributed by atoms with Gasteiger partial charge in [-0.2, -0.15) is 0 Å². The molecule has 2 aromatic carbocycles. The van der Waals surface area contributed by atoms with E-state index in [9.17, 15) is 4.79 Å². The predicted molar refractivity (Wildman–Crippen MR) is 84.5 cm³/mol. The number of benzene rings is 2. The van der Waals surface area contributed by atoms with Gasteiger partial charge in [0, 0.05) is 5.56 Å². The normalized spacial score (nSPS) is 12.0. The molecule has 2 nitrogen and oxygen atoms in total. The van der Waals surface area contributed by atoms with Gasteiger partial charge >= 0.3 is 0 Å². The molecule has 0 aliphatic carbocycles. The Balaban J connectivity index is 2.21. The van der Waals surface area contributed by atoms with E-state index in [0.717, 1.165) is 21.2 Å². The van der Waals surface area contributed by atoms with E-state index in [1.165, 1.54) is 0 Å². The minimum atomic E-state index is -0.519. The molecule has 0 aromatic heterocycles. The third kappa shape index (κ3) is 3.28. The van der Waals surface area contributed by atoms with Gasteiger partial charge in [0.05, 0.1) is 4.47 Å². The predicted octanol–water partition coefficient (Wildman–Crippen LogP) is 4.72. The number of aryl methyl sites for hydroxylation is 2. The van der Waals surface area contributed by atoms with Crippen molar-refractivity contribution < 1.29 is 9.53 Å². The smallest absolute Gasteiger partial charge is 0.203 e. The highest BCUT2D eigenvalue weighted by molar-refractivity contribution is 9.10. The van der Waals surface area contributed by atoms with E-state index in [2.05, 4.69) is 15.9 Å². The summed E-state index contributed by atoms with van der Waals surface area (Å²) in [6.07, 6.45) is -0.519. The van der Waals surface area contributed by atoms with E-state index in [4.69, 9.17) is 4.74 Å². The summed E-state index contributed by atoms with van der Waals surface area (Å²) in [5.74, 6) is 0.681. The molecule has 0 spiro atoms. The molecule has 1 unspecified atom stereocenters. The van der Waals surface area contributed by atoms with E-state index in [-0.39, 0.29) is 5.78 Å². The van der Waals surface area contributed by atoms with Gasteiger partial charge in [0.25, 0.3) is 0 Å². The van der Waals surface area contributed by atoms with Crippen molar-refractivity contribution in [3.63, 3.8) is 0 Å². The lowest BCUT2D eigenvalue weighted by Crippen LogP contribution is -2.24. The maximum Gasteiger partial charge on any atom is 0.203 e. The number of ketones is 1. The van der Waals surface area contributed by atoms with Crippen LogP contribution in [0.4, 0.5) is 0 Å². The number of ether oxygens (including phenoxy) is 1. The Morgan fingerprint density at radius 3 is 2.55 bits per heavy atom. The quantitative estimate of drug-likeness (QED) is 0.757. The van der Waals surface area contributed by atoms with Gasteiger partial charge in [0.15, 0.2) is 6.10 Å². The first-order chi connectivity index (χ1) is 9.49. The Labute approximate surface area is 127 Å². The molecule has 0 heterocycles. The van der Waals surface area contributed by atoms with E-state index in [1.807, 2.05) is 56.3 Å². The summed E-state index contributed by atoms with van der Waals surface area (Å²) in [6.45, 7) is 5.71. The lowest BCUT2D eigenvalue weighted by molar-refractivity contribution is 0.0816. The zero-order valence-corrected chi connectivity index (χ0v) is 13.4. The average molecular weight is 333 g/mol. The van der Waals surface area contributed by atoms with Gasteiger partial charge in [-0.25, -0.2) is 0 Å². The monoisotopic (exact) mass is 332 g/mol. The van der Waals surface area contributed by atoms with Gasteiger partial charge in [-0.1, -0.05) is 29.8 Å². The molecule has 0 N–H and O–H groups in total. The van der Waals surface area contributed by atoms with Crippen LogP contribution >= 0.6 is 15.9 Å². The fraction of sp³-hybridized carbons (Fsp3) is 0.235. The van der Waals surface area contributed by atoms with Crippen LogP contribution in [0.1, 0.15) is 28.4 Å². The Morgan fingerprint density at radius 2 is 1.85 bits per heavy atom. The maximum absolute atomic E-state index is 12.5. The zero-order valence-electron chi connectivity index (χ0n) is 11.8. The minimum absolute atomic E-state index is 0.00181. The fourth-order valence-corrected chi connectivity index (χ4v) is 2.38. The number of rotatable bonds is 4. The first kappa shape index (κ1) is 14.8. The van der Waals surface area contributed by atoms with Crippen LogP contribution in [0.2, 0.25) is 0 Å². The molecule has 20 heavy (non-hydrogen) atoms. The standard InChI is InChI=1S/C17H17BrO2/c1-11-8-9-12(2)14(10-11)17(19)13(3)20-16-7-5-4-6-15(16)18/h4-10,13H,1-3H3. The Kier molecular flexibility index (Phi) is 4.61. The summed E-state index contributed by atoms with van der Waals surface area (Å²) in [7, 11) is 0. The van der Waals surface area contributed by atoms with Crippen molar-refractivity contribution >= 4 is 21.7 Å². The number of para-hydroxylation sites is 1. The van der Waals surface area contributed by atoms with Crippen molar-refractivity contribution in [1.82, 2.24) is 0 Å². The molecule has 3 heteroatoms. The molecular formula is C17H17BrO2. The molecule has 0 aliphatic heterocycles. The first-order valence-electron chi connectivity index (χ1n) is 6.51. The van der Waals surface area contributed by atoms with E-state index in [1.54, 1.807) is 6.92 Å². The molecule has 0 amide bonds. The number of halogens is 1. The second-order valence-electron chi connectivity index (χ2n) is 4.87. The minimum Gasteiger partial charge on any atom is -0.481 e. The van der Waals surface area contributed by atoms with Gasteiger partial charge in [0.2, 0.25) is 5.78 Å². The summed E-state index contributed by atoms with van der Waals surface area (Å²) >= 11 is 3.42. The highest BCUT2D eigenvalue weighted by atomic mass is 79.9. The van der Waals surface area contributed by atoms with Crippen molar-refractivity contribution in [2.24, 2.45) is 0 Å². The molecule has 104 valence electrons. The molecule has 2 aromatic rings. The number of Topliss-reactive ketones (excluding diaryl/α,β-unsaturated/α-hetero) is 1. The second-order valence-corrected chi connectivity index (χ2v) is 5.73. The average Bonchev–Trinajstić information content (AvgIpc) is 2.43. The molecule has 0 radical (unpaired) electrons. The molecule has 0 saturated carbocycles. The van der Waals surface area contributed by atoms with Gasteiger partial charge < -0.3 is 4.74 Å². The Hall–Kier alpha value is -1.61. The molecular weight excluding hydrogens is 316 g/mol. The van der Waals surface area contributed by atoms with Crippen LogP contribution in [0.15, 0.2) is 46.9 Å². The third-order valence-corrected chi connectivity index (χ3v) is 3.82. The Morgan fingerprint density at radius 1 is 1.15 bits per heavy atom. The van der Waals surface area contributed by atoms with E-state index in [0.29, 0.717) is 5.75 Å². The van der Waals surface area contributed by atoms with Crippen LogP contribution in [0.3, 0.4) is 0 Å². The SMILES string of the molecule is Cc1ccc(C)c(C(=O)C(C)Oc2ccccc2Br)c1. The fourth-order valence-electron chi connectivity index (χ4n) is 2.00. The topological polar surface area (TPSA) is 26.3 Å². The van der Waals surface area contributed by atoms with Crippen LogP contribution in [0.25, 0.3) is 0 Å². The zero-order chi connectivity index (χ0) is 14.7. The number of carbonyl (C=O) groups is 1. The van der Waals surface area contributed by atoms with Gasteiger partial charge in [-0.05, 0) is 60.5 Å². The highest BCUT2D eigenvalue weighted by Crippen LogP contribution is 2.25. The number of hydrogen-bond acceptors (Lipinski definition) is 2. The lowest BCUT2D eigenvalue weighted by Gasteiger charge is -2.16. The van der Waals surface area contributed by atoms with Crippen molar-refractivity contribution in [1.29, 1.82) is 0 Å². The molecule has 0 fully saturated rings. The third-order valence-electron chi connectivity index (χ3n) is 3.17. The number of hydrogen-bond donors (Lipinski definition) is 0. The van der Waals surface area contributed by atoms with Crippen LogP contribution in [-0.4, -0.2) is 11.9 Å². The van der Waals surface area contributed by atoms with Crippen molar-refractivity contribution in [2.75, 3.05) is 0 Å². The van der Waals surface area contributed by atoms with Crippen LogP contribution in [-0.2, 0) is 0 Å². The summed E-state index contributed by atoms with van der Waals surface area (Å²) in [5.41, 5.74) is 2.78. The van der Waals surface area contributed by atoms with E-state index >= 15 is 0 Å². The number of carbonyl (C=O) groups excluding carboxylic acids is 1. The van der Waals surface area contributed by atoms with Crippen LogP contribution < -0.4 is 4.74 Å². The van der Waals surface area contributed by atoms with Gasteiger partial charge in [-0.15, -0.1) is 0 Å². The van der Waals surface area contributed by atoms with Crippen LogP contribution in [0.5, 0.6) is 5.75 Å². The lowest BCUT2D eigenvalue weighted by atomic mass is 9.99. The maximum atomic E-state index is 12.5. The summed E-state index contributed by atoms with van der Waals surface area (Å²) in [5, 5.41) is 0. The van der Waals surface area contributed by atoms with E-state index < -0.39 is 6.10 Å². The molecule has 2 rings (SSSR count). The molecule has 0 saturated heterocycles. The van der Waals surface area contributed by atoms with Crippen LogP contribution in [0, 0.1) is 13.8 Å². The highest BCUT2D eigenvalue weighted by Gasteiger charge is 2.19. The Bertz CT molecular complexity index is 635. The van der Waals surface area contributed by atoms with Gasteiger partial charge in [-0.3, -0.25) is 4.79 Å². The molecule has 0 aliphatic rings. The summed E-state index contributed by atoms with van der Waals surface area (Å²) in [6, 6.07) is 13.4. The molecule has 0 bridgehead atoms. The summed E-state index contributed by atoms with van der Waals surface area (Å²) < 4.78 is 6.61. The second kappa shape index (κ2) is 6.23. The summed E-state index contributed by atoms with van der Waals surface area (Å²) in [4.78, 5) is 12.5. The van der Waals surface area contributed by atoms with Crippen molar-refractivity contribution in [3.05, 3.63) is 63.6 Å². The van der Waals surface area contributed by atoms with Gasteiger partial charge in [0.1, 0.15) is 5.75 Å². The van der Waals surface area contributed by atoms with Crippen molar-refractivity contribution in [2.45, 2.75) is 26.9 Å². The first-order valence-corrected chi connectivity index (χ1v) is 7.31. The van der Waals surface area contributed by atoms with Crippen molar-refractivity contribution in [3.8, 4) is 5.75 Å². The largest absolute Gasteiger partial charge is 0.481 e. The molecule has 1 atom stereocenters.